The van der Waals surface area contributed by atoms with Gasteiger partial charge in [0.2, 0.25) is 11.9 Å². The van der Waals surface area contributed by atoms with E-state index in [1.165, 1.54) is 37.1 Å². The molecule has 0 saturated heterocycles. The molecule has 4 aromatic carbocycles. The van der Waals surface area contributed by atoms with Gasteiger partial charge in [0.25, 0.3) is 10.1 Å². The second-order valence-electron chi connectivity index (χ2n) is 12.2. The molecule has 0 spiro atoms. The molecule has 19 heteroatoms. The highest BCUT2D eigenvalue weighted by atomic mass is 32.2. The quantitative estimate of drug-likeness (QED) is 0.0327. The molecule has 0 atom stereocenters. The zero-order valence-corrected chi connectivity index (χ0v) is 34.8. The summed E-state index contributed by atoms with van der Waals surface area (Å²) in [7, 11) is -1.52. The minimum Gasteiger partial charge on any atom is -0.494 e. The van der Waals surface area contributed by atoms with Gasteiger partial charge in [-0.15, -0.1) is 20.5 Å². The number of methoxy groups -OCH3 is 2. The molecule has 1 aromatic heterocycles. The summed E-state index contributed by atoms with van der Waals surface area (Å²) >= 11 is 1.25. The number of azo groups is 2. The van der Waals surface area contributed by atoms with Crippen LogP contribution in [0.3, 0.4) is 0 Å². The monoisotopic (exact) mass is 829 g/mol. The van der Waals surface area contributed by atoms with Gasteiger partial charge in [-0.2, -0.15) is 23.4 Å². The molecule has 0 aliphatic heterocycles. The van der Waals surface area contributed by atoms with Gasteiger partial charge in [0.15, 0.2) is 5.16 Å². The van der Waals surface area contributed by atoms with E-state index in [9.17, 15) is 18.1 Å². The maximum Gasteiger partial charge on any atom is 0.294 e. The first-order chi connectivity index (χ1) is 28.0. The number of ether oxygens (including phenoxy) is 2. The fourth-order valence-corrected chi connectivity index (χ4v) is 6.82. The summed E-state index contributed by atoms with van der Waals surface area (Å²) < 4.78 is 44.3. The van der Waals surface area contributed by atoms with E-state index < -0.39 is 10.1 Å². The maximum atomic E-state index is 11.9. The van der Waals surface area contributed by atoms with E-state index in [4.69, 9.17) is 14.5 Å². The van der Waals surface area contributed by atoms with Crippen LogP contribution in [-0.4, -0.2) is 85.8 Å². The fourth-order valence-electron chi connectivity index (χ4n) is 5.74. The number of nitrogens with zero attached hydrogens (tertiary/aromatic N) is 9. The highest BCUT2D eigenvalue weighted by molar-refractivity contribution is 7.99. The van der Waals surface area contributed by atoms with E-state index in [1.54, 1.807) is 13.2 Å². The average Bonchev–Trinajstić information content (AvgIpc) is 3.22. The van der Waals surface area contributed by atoms with Gasteiger partial charge in [0.05, 0.1) is 37.1 Å². The van der Waals surface area contributed by atoms with E-state index in [0.717, 1.165) is 37.6 Å². The standard InChI is InChI=1S/C39H47N11O6S2/c1-7-49(8-2)26-15-18-29(45-47-31-13-11-12-14-35(31)55-5)32(23-26)40-37-42-38(44-39(43-37)57-22-21-51)41-33-24-27(50(9-3)10-4)16-19-30(33)46-48-34-25-28(58(52,53)54)17-20-36(34)56-6/h11-20,23-25,51H,7-10,21-22H2,1-6H3,(H,52,53,54)(H2,40,41,42,43,44). The molecule has 0 unspecified atom stereocenters. The second kappa shape index (κ2) is 20.5. The number of para-hydroxylation sites is 1. The van der Waals surface area contributed by atoms with Crippen molar-refractivity contribution in [1.82, 2.24) is 15.0 Å². The van der Waals surface area contributed by atoms with Crippen molar-refractivity contribution in [3.05, 3.63) is 78.9 Å². The number of benzene rings is 4. The molecule has 0 saturated carbocycles. The SMILES string of the molecule is CCN(CC)c1ccc(N=Nc2ccccc2OC)c(Nc2nc(Nc3cc(N(CC)CC)ccc3N=Nc3cc(S(=O)(=O)O)ccc3OC)nc(SCCO)n2)c1. The lowest BCUT2D eigenvalue weighted by atomic mass is 10.2. The van der Waals surface area contributed by atoms with Crippen LogP contribution in [0, 0.1) is 0 Å². The molecule has 0 fully saturated rings. The Morgan fingerprint density at radius 2 is 1.16 bits per heavy atom. The molecule has 17 nitrogen and oxygen atoms in total. The van der Waals surface area contributed by atoms with Crippen molar-refractivity contribution in [3.8, 4) is 11.5 Å². The van der Waals surface area contributed by atoms with E-state index in [1.807, 2.05) is 68.4 Å². The Labute approximate surface area is 342 Å². The lowest BCUT2D eigenvalue weighted by Crippen LogP contribution is -2.21. The Kier molecular flexibility index (Phi) is 15.3. The Hall–Kier alpha value is -5.89. The second-order valence-corrected chi connectivity index (χ2v) is 14.7. The van der Waals surface area contributed by atoms with Gasteiger partial charge in [-0.05, 0) is 94.4 Å². The zero-order valence-electron chi connectivity index (χ0n) is 33.1. The van der Waals surface area contributed by atoms with E-state index in [2.05, 4.69) is 64.7 Å². The molecule has 0 aliphatic rings. The lowest BCUT2D eigenvalue weighted by Gasteiger charge is -2.22. The first-order valence-corrected chi connectivity index (χ1v) is 20.9. The number of nitrogens with one attached hydrogen (secondary N) is 2. The van der Waals surface area contributed by atoms with Crippen molar-refractivity contribution in [2.45, 2.75) is 37.7 Å². The van der Waals surface area contributed by atoms with Gasteiger partial charge in [-0.1, -0.05) is 23.9 Å². The lowest BCUT2D eigenvalue weighted by molar-refractivity contribution is 0.322. The minimum atomic E-state index is -4.51. The number of rotatable bonds is 20. The molecule has 5 aromatic rings. The third kappa shape index (κ3) is 11.2. The number of hydrogen-bond donors (Lipinski definition) is 4. The molecule has 306 valence electrons. The van der Waals surface area contributed by atoms with Crippen molar-refractivity contribution in [3.63, 3.8) is 0 Å². The molecule has 0 bridgehead atoms. The van der Waals surface area contributed by atoms with Crippen molar-refractivity contribution in [2.24, 2.45) is 20.5 Å². The van der Waals surface area contributed by atoms with Gasteiger partial charge in [-0.3, -0.25) is 4.55 Å². The van der Waals surface area contributed by atoms with Crippen LogP contribution in [0.25, 0.3) is 0 Å². The highest BCUT2D eigenvalue weighted by Gasteiger charge is 2.17. The predicted molar refractivity (Wildman–Crippen MR) is 228 cm³/mol. The molecular weight excluding hydrogens is 783 g/mol. The summed E-state index contributed by atoms with van der Waals surface area (Å²) in [6, 6.07) is 22.4. The van der Waals surface area contributed by atoms with Gasteiger partial charge in [0, 0.05) is 43.3 Å². The molecule has 0 amide bonds. The van der Waals surface area contributed by atoms with Crippen molar-refractivity contribution < 1.29 is 27.6 Å². The van der Waals surface area contributed by atoms with Crippen molar-refractivity contribution >= 4 is 79.3 Å². The Bertz CT molecular complexity index is 2340. The summed E-state index contributed by atoms with van der Waals surface area (Å²) in [6.45, 7) is 11.2. The molecular formula is C39H47N11O6S2. The average molecular weight is 830 g/mol. The first-order valence-electron chi connectivity index (χ1n) is 18.5. The van der Waals surface area contributed by atoms with E-state index >= 15 is 0 Å². The normalized spacial score (nSPS) is 11.6. The van der Waals surface area contributed by atoms with Crippen LogP contribution in [0.15, 0.2) is 109 Å². The predicted octanol–water partition coefficient (Wildman–Crippen LogP) is 9.23. The van der Waals surface area contributed by atoms with Crippen LogP contribution in [-0.2, 0) is 10.1 Å². The van der Waals surface area contributed by atoms with E-state index in [0.29, 0.717) is 45.1 Å². The Morgan fingerprint density at radius 3 is 1.66 bits per heavy atom. The number of thioether (sulfide) groups is 1. The number of anilines is 6. The van der Waals surface area contributed by atoms with Crippen molar-refractivity contribution in [2.75, 3.05) is 73.2 Å². The summed E-state index contributed by atoms with van der Waals surface area (Å²) in [6.07, 6.45) is 0. The summed E-state index contributed by atoms with van der Waals surface area (Å²) in [4.78, 5) is 18.1. The third-order valence-corrected chi connectivity index (χ3v) is 10.4. The Balaban J connectivity index is 1.59. The minimum absolute atomic E-state index is 0.0799. The van der Waals surface area contributed by atoms with Crippen LogP contribution in [0.2, 0.25) is 0 Å². The van der Waals surface area contributed by atoms with Crippen molar-refractivity contribution in [1.29, 1.82) is 0 Å². The van der Waals surface area contributed by atoms with Crippen LogP contribution < -0.4 is 29.9 Å². The van der Waals surface area contributed by atoms with Gasteiger partial charge in [-0.25, -0.2) is 0 Å². The number of aliphatic hydroxyl groups is 1. The van der Waals surface area contributed by atoms with Gasteiger partial charge >= 0.3 is 0 Å². The summed E-state index contributed by atoms with van der Waals surface area (Å²) in [5.41, 5.74) is 4.41. The van der Waals surface area contributed by atoms with Gasteiger partial charge < -0.3 is 35.0 Å². The number of aromatic nitrogens is 3. The molecule has 5 rings (SSSR count). The maximum absolute atomic E-state index is 11.9. The van der Waals surface area contributed by atoms with Crippen LogP contribution in [0.1, 0.15) is 27.7 Å². The molecule has 0 radical (unpaired) electrons. The zero-order chi connectivity index (χ0) is 41.7. The number of hydrogen-bond acceptors (Lipinski definition) is 17. The summed E-state index contributed by atoms with van der Waals surface area (Å²) in [5.74, 6) is 1.51. The molecule has 58 heavy (non-hydrogen) atoms. The topological polar surface area (TPSA) is 212 Å². The highest BCUT2D eigenvalue weighted by Crippen LogP contribution is 2.38. The Morgan fingerprint density at radius 1 is 0.655 bits per heavy atom. The first kappa shape index (κ1) is 43.2. The van der Waals surface area contributed by atoms with Gasteiger partial charge in [0.1, 0.15) is 34.2 Å². The largest absolute Gasteiger partial charge is 0.494 e. The molecule has 1 heterocycles. The van der Waals surface area contributed by atoms with E-state index in [-0.39, 0.29) is 34.8 Å². The fraction of sp³-hybridized carbons (Fsp3) is 0.308. The molecule has 0 aliphatic carbocycles. The van der Waals surface area contributed by atoms with Crippen LogP contribution >= 0.6 is 11.8 Å². The van der Waals surface area contributed by atoms with Crippen LogP contribution in [0.4, 0.5) is 57.4 Å². The molecule has 4 N–H and O–H groups in total. The smallest absolute Gasteiger partial charge is 0.294 e. The summed E-state index contributed by atoms with van der Waals surface area (Å²) in [5, 5.41) is 34.5. The third-order valence-electron chi connectivity index (χ3n) is 8.71. The number of aliphatic hydroxyl groups excluding tert-OH is 1. The van der Waals surface area contributed by atoms with Crippen LogP contribution in [0.5, 0.6) is 11.5 Å².